The van der Waals surface area contributed by atoms with Crippen LogP contribution in [0, 0.1) is 5.92 Å². The molecule has 4 heterocycles. The van der Waals surface area contributed by atoms with Gasteiger partial charge < -0.3 is 4.90 Å². The van der Waals surface area contributed by atoms with E-state index in [0.29, 0.717) is 35.9 Å². The highest BCUT2D eigenvalue weighted by molar-refractivity contribution is 7.88. The zero-order valence-corrected chi connectivity index (χ0v) is 17.9. The van der Waals surface area contributed by atoms with Crippen molar-refractivity contribution < 1.29 is 17.2 Å². The Balaban J connectivity index is 1.62. The summed E-state index contributed by atoms with van der Waals surface area (Å²) in [6.45, 7) is 3.10. The number of rotatable bonds is 6. The van der Waals surface area contributed by atoms with E-state index in [9.17, 15) is 17.2 Å². The first-order valence-electron chi connectivity index (χ1n) is 9.88. The number of halogens is 2. The summed E-state index contributed by atoms with van der Waals surface area (Å²) in [5.41, 5.74) is 1.10. The zero-order chi connectivity index (χ0) is 22.2. The summed E-state index contributed by atoms with van der Waals surface area (Å²) < 4.78 is 53.0. The third-order valence-electron chi connectivity index (χ3n) is 5.43. The van der Waals surface area contributed by atoms with Crippen LogP contribution in [0.1, 0.15) is 31.9 Å². The van der Waals surface area contributed by atoms with E-state index >= 15 is 0 Å². The SMILES string of the molecule is CC1CCC(CNS(C)(=O)=O)CN1c1cc(-c2cnc3ccc(C(F)F)nn23)ncn1. The van der Waals surface area contributed by atoms with Crippen molar-refractivity contribution >= 4 is 21.5 Å². The highest BCUT2D eigenvalue weighted by Crippen LogP contribution is 2.29. The van der Waals surface area contributed by atoms with Gasteiger partial charge in [0.15, 0.2) is 5.65 Å². The largest absolute Gasteiger partial charge is 0.353 e. The topological polar surface area (TPSA) is 105 Å². The molecule has 0 radical (unpaired) electrons. The minimum absolute atomic E-state index is 0.149. The van der Waals surface area contributed by atoms with Crippen LogP contribution in [0.4, 0.5) is 14.6 Å². The van der Waals surface area contributed by atoms with Crippen LogP contribution in [0.25, 0.3) is 17.0 Å². The number of sulfonamides is 1. The van der Waals surface area contributed by atoms with Crippen LogP contribution in [-0.4, -0.2) is 58.4 Å². The number of fused-ring (bicyclic) bond motifs is 1. The summed E-state index contributed by atoms with van der Waals surface area (Å²) in [5, 5.41) is 3.99. The molecule has 0 amide bonds. The number of imidazole rings is 1. The summed E-state index contributed by atoms with van der Waals surface area (Å²) in [5.74, 6) is 0.830. The maximum absolute atomic E-state index is 13.1. The Morgan fingerprint density at radius 1 is 1.23 bits per heavy atom. The fraction of sp³-hybridized carbons (Fsp3) is 0.474. The van der Waals surface area contributed by atoms with Crippen molar-refractivity contribution in [1.29, 1.82) is 0 Å². The number of hydrogen-bond donors (Lipinski definition) is 1. The number of piperidine rings is 1. The van der Waals surface area contributed by atoms with E-state index in [0.717, 1.165) is 19.1 Å². The number of alkyl halides is 2. The molecule has 0 aliphatic carbocycles. The predicted octanol–water partition coefficient (Wildman–Crippen LogP) is 2.28. The van der Waals surface area contributed by atoms with Gasteiger partial charge in [-0.15, -0.1) is 0 Å². The number of hydrogen-bond acceptors (Lipinski definition) is 7. The minimum Gasteiger partial charge on any atom is -0.353 e. The van der Waals surface area contributed by atoms with Crippen LogP contribution < -0.4 is 9.62 Å². The van der Waals surface area contributed by atoms with Crippen molar-refractivity contribution in [3.05, 3.63) is 36.4 Å². The fourth-order valence-corrected chi connectivity index (χ4v) is 4.30. The minimum atomic E-state index is -3.25. The Kier molecular flexibility index (Phi) is 5.84. The zero-order valence-electron chi connectivity index (χ0n) is 17.1. The Bertz CT molecular complexity index is 1180. The van der Waals surface area contributed by atoms with E-state index in [2.05, 4.69) is 36.6 Å². The lowest BCUT2D eigenvalue weighted by Crippen LogP contribution is -2.45. The molecule has 3 aromatic rings. The number of aromatic nitrogens is 5. The summed E-state index contributed by atoms with van der Waals surface area (Å²) in [6, 6.07) is 4.74. The lowest BCUT2D eigenvalue weighted by Gasteiger charge is -2.39. The van der Waals surface area contributed by atoms with E-state index in [1.165, 1.54) is 23.0 Å². The van der Waals surface area contributed by atoms with Crippen molar-refractivity contribution in [2.24, 2.45) is 5.92 Å². The summed E-state index contributed by atoms with van der Waals surface area (Å²) in [7, 11) is -3.25. The van der Waals surface area contributed by atoms with E-state index in [1.807, 2.05) is 0 Å². The lowest BCUT2D eigenvalue weighted by atomic mass is 9.93. The molecule has 9 nitrogen and oxygen atoms in total. The Hall–Kier alpha value is -2.73. The third-order valence-corrected chi connectivity index (χ3v) is 6.12. The van der Waals surface area contributed by atoms with Gasteiger partial charge in [-0.1, -0.05) is 0 Å². The molecule has 0 aromatic carbocycles. The van der Waals surface area contributed by atoms with Gasteiger partial charge in [0, 0.05) is 25.2 Å². The molecule has 1 fully saturated rings. The first-order chi connectivity index (χ1) is 14.7. The van der Waals surface area contributed by atoms with Crippen LogP contribution in [0.5, 0.6) is 0 Å². The molecule has 166 valence electrons. The monoisotopic (exact) mass is 451 g/mol. The van der Waals surface area contributed by atoms with Gasteiger partial charge in [-0.25, -0.2) is 41.4 Å². The molecule has 1 saturated heterocycles. The van der Waals surface area contributed by atoms with Crippen molar-refractivity contribution in [3.8, 4) is 11.4 Å². The van der Waals surface area contributed by atoms with E-state index in [1.54, 1.807) is 12.3 Å². The van der Waals surface area contributed by atoms with Crippen LogP contribution in [0.3, 0.4) is 0 Å². The number of anilines is 1. The number of nitrogens with zero attached hydrogens (tertiary/aromatic N) is 6. The first kappa shape index (κ1) is 21.5. The van der Waals surface area contributed by atoms with Crippen LogP contribution in [0.15, 0.2) is 30.7 Å². The average Bonchev–Trinajstić information content (AvgIpc) is 3.16. The quantitative estimate of drug-likeness (QED) is 0.613. The van der Waals surface area contributed by atoms with Crippen LogP contribution in [0.2, 0.25) is 0 Å². The smallest absolute Gasteiger partial charge is 0.282 e. The second-order valence-electron chi connectivity index (χ2n) is 7.80. The summed E-state index contributed by atoms with van der Waals surface area (Å²) in [6.07, 6.45) is 3.23. The van der Waals surface area contributed by atoms with Gasteiger partial charge in [-0.2, -0.15) is 5.10 Å². The van der Waals surface area contributed by atoms with Gasteiger partial charge in [0.25, 0.3) is 6.43 Å². The Morgan fingerprint density at radius 3 is 2.77 bits per heavy atom. The second kappa shape index (κ2) is 8.42. The molecule has 0 spiro atoms. The molecule has 12 heteroatoms. The van der Waals surface area contributed by atoms with Crippen molar-refractivity contribution in [2.75, 3.05) is 24.2 Å². The summed E-state index contributed by atoms with van der Waals surface area (Å²) in [4.78, 5) is 15.0. The molecular formula is C19H23F2N7O2S. The van der Waals surface area contributed by atoms with Crippen molar-refractivity contribution in [3.63, 3.8) is 0 Å². The van der Waals surface area contributed by atoms with Gasteiger partial charge in [0.05, 0.1) is 18.1 Å². The highest BCUT2D eigenvalue weighted by Gasteiger charge is 2.27. The highest BCUT2D eigenvalue weighted by atomic mass is 32.2. The lowest BCUT2D eigenvalue weighted by molar-refractivity contribution is 0.144. The van der Waals surface area contributed by atoms with Gasteiger partial charge in [-0.3, -0.25) is 0 Å². The summed E-state index contributed by atoms with van der Waals surface area (Å²) >= 11 is 0. The normalized spacial score (nSPS) is 20.0. The van der Waals surface area contributed by atoms with Gasteiger partial charge in [0.1, 0.15) is 23.5 Å². The Labute approximate surface area is 178 Å². The van der Waals surface area contributed by atoms with Gasteiger partial charge in [-0.05, 0) is 37.8 Å². The van der Waals surface area contributed by atoms with Gasteiger partial charge in [0.2, 0.25) is 10.0 Å². The predicted molar refractivity (Wildman–Crippen MR) is 111 cm³/mol. The molecule has 4 rings (SSSR count). The maximum Gasteiger partial charge on any atom is 0.282 e. The second-order valence-corrected chi connectivity index (χ2v) is 9.63. The van der Waals surface area contributed by atoms with Crippen molar-refractivity contribution in [1.82, 2.24) is 29.3 Å². The fourth-order valence-electron chi connectivity index (χ4n) is 3.76. The van der Waals surface area contributed by atoms with E-state index in [4.69, 9.17) is 0 Å². The third kappa shape index (κ3) is 4.79. The average molecular weight is 452 g/mol. The molecule has 3 aromatic heterocycles. The molecule has 31 heavy (non-hydrogen) atoms. The number of nitrogens with one attached hydrogen (secondary N) is 1. The maximum atomic E-state index is 13.1. The molecule has 0 bridgehead atoms. The molecule has 0 saturated carbocycles. The van der Waals surface area contributed by atoms with Gasteiger partial charge >= 0.3 is 0 Å². The molecular weight excluding hydrogens is 428 g/mol. The van der Waals surface area contributed by atoms with E-state index in [-0.39, 0.29) is 17.7 Å². The van der Waals surface area contributed by atoms with Crippen molar-refractivity contribution in [2.45, 2.75) is 32.2 Å². The molecule has 2 atom stereocenters. The first-order valence-corrected chi connectivity index (χ1v) is 11.8. The van der Waals surface area contributed by atoms with Crippen LogP contribution in [-0.2, 0) is 10.0 Å². The standard InChI is InChI=1S/C19H23F2N7O2S/c1-12-3-4-13(8-25-31(2,29)30)10-27(12)18-7-15(23-11-24-18)16-9-22-17-6-5-14(19(20)21)26-28(16)17/h5-7,9,11-13,19,25H,3-4,8,10H2,1-2H3. The van der Waals surface area contributed by atoms with E-state index < -0.39 is 16.4 Å². The Morgan fingerprint density at radius 2 is 2.03 bits per heavy atom. The molecule has 1 N–H and O–H groups in total. The molecule has 1 aliphatic rings. The molecule has 2 unspecified atom stereocenters. The molecule has 1 aliphatic heterocycles. The van der Waals surface area contributed by atoms with Crippen LogP contribution >= 0.6 is 0 Å².